The van der Waals surface area contributed by atoms with Crippen molar-refractivity contribution in [3.05, 3.63) is 41.5 Å². The van der Waals surface area contributed by atoms with Crippen LogP contribution in [-0.2, 0) is 19.4 Å². The molecule has 1 aliphatic heterocycles. The summed E-state index contributed by atoms with van der Waals surface area (Å²) in [5, 5.41) is 2.40. The van der Waals surface area contributed by atoms with E-state index in [-0.39, 0.29) is 30.2 Å². The summed E-state index contributed by atoms with van der Waals surface area (Å²) in [6.07, 6.45) is 1.93. The molecule has 9 heteroatoms. The van der Waals surface area contributed by atoms with E-state index in [1.807, 2.05) is 0 Å². The quantitative estimate of drug-likeness (QED) is 0.791. The molecule has 2 amide bonds. The third-order valence-electron chi connectivity index (χ3n) is 3.79. The van der Waals surface area contributed by atoms with E-state index in [4.69, 9.17) is 0 Å². The second kappa shape index (κ2) is 7.73. The lowest BCUT2D eigenvalue weighted by atomic mass is 10.2. The lowest BCUT2D eigenvalue weighted by Crippen LogP contribution is -2.51. The Morgan fingerprint density at radius 3 is 2.32 bits per heavy atom. The zero-order chi connectivity index (χ0) is 18.6. The van der Waals surface area contributed by atoms with Crippen molar-refractivity contribution in [3.8, 4) is 0 Å². The molecule has 1 atom stereocenters. The molecule has 0 aliphatic carbocycles. The van der Waals surface area contributed by atoms with Gasteiger partial charge in [-0.15, -0.1) is 0 Å². The van der Waals surface area contributed by atoms with Crippen LogP contribution < -0.4 is 5.32 Å². The Kier molecular flexibility index (Phi) is 5.89. The van der Waals surface area contributed by atoms with Gasteiger partial charge in [0.05, 0.1) is 11.5 Å². The summed E-state index contributed by atoms with van der Waals surface area (Å²) in [5.74, 6) is -2.91. The van der Waals surface area contributed by atoms with Crippen LogP contribution in [0.5, 0.6) is 0 Å². The Morgan fingerprint density at radius 1 is 1.20 bits per heavy atom. The number of rotatable bonds is 4. The number of hydrogen-bond acceptors (Lipinski definition) is 4. The Balaban J connectivity index is 1.94. The summed E-state index contributed by atoms with van der Waals surface area (Å²) in [4.78, 5) is 25.4. The van der Waals surface area contributed by atoms with Crippen LogP contribution in [-0.4, -0.2) is 55.8 Å². The highest BCUT2D eigenvalue weighted by atomic mass is 32.2. The summed E-state index contributed by atoms with van der Waals surface area (Å²) in [6, 6.07) is 2.46. The topological polar surface area (TPSA) is 83.6 Å². The van der Waals surface area contributed by atoms with Crippen molar-refractivity contribution in [2.75, 3.05) is 24.6 Å². The number of sulfone groups is 1. The third-order valence-corrected chi connectivity index (χ3v) is 5.40. The van der Waals surface area contributed by atoms with Crippen LogP contribution in [0.15, 0.2) is 24.3 Å². The van der Waals surface area contributed by atoms with Gasteiger partial charge in [-0.25, -0.2) is 17.2 Å². The van der Waals surface area contributed by atoms with E-state index in [0.717, 1.165) is 24.3 Å². The van der Waals surface area contributed by atoms with Gasteiger partial charge >= 0.3 is 0 Å². The van der Waals surface area contributed by atoms with Gasteiger partial charge in [0, 0.05) is 24.7 Å². The van der Waals surface area contributed by atoms with Crippen LogP contribution in [0.25, 0.3) is 6.08 Å². The molecule has 1 aliphatic rings. The molecule has 6 nitrogen and oxygen atoms in total. The lowest BCUT2D eigenvalue weighted by molar-refractivity contribution is -0.134. The Hall–Kier alpha value is -2.29. The minimum absolute atomic E-state index is 0.0810. The van der Waals surface area contributed by atoms with Crippen LogP contribution in [0.1, 0.15) is 12.5 Å². The van der Waals surface area contributed by atoms with E-state index in [9.17, 15) is 26.8 Å². The SMILES string of the molecule is CC(NC(=O)/C=C/c1c(F)cccc1F)C(=O)N1CCS(=O)(=O)CC1. The number of halogens is 2. The van der Waals surface area contributed by atoms with Crippen LogP contribution in [0.4, 0.5) is 8.78 Å². The van der Waals surface area contributed by atoms with Crippen molar-refractivity contribution in [1.82, 2.24) is 10.2 Å². The Morgan fingerprint density at radius 2 is 1.76 bits per heavy atom. The maximum Gasteiger partial charge on any atom is 0.244 e. The van der Waals surface area contributed by atoms with Crippen LogP contribution in [0, 0.1) is 11.6 Å². The average molecular weight is 372 g/mol. The van der Waals surface area contributed by atoms with E-state index in [0.29, 0.717) is 0 Å². The van der Waals surface area contributed by atoms with Crippen molar-refractivity contribution in [2.24, 2.45) is 0 Å². The zero-order valence-corrected chi connectivity index (χ0v) is 14.4. The van der Waals surface area contributed by atoms with Crippen LogP contribution in [0.2, 0.25) is 0 Å². The van der Waals surface area contributed by atoms with Crippen LogP contribution >= 0.6 is 0 Å². The molecule has 1 heterocycles. The number of nitrogens with one attached hydrogen (secondary N) is 1. The van der Waals surface area contributed by atoms with Gasteiger partial charge in [0.2, 0.25) is 11.8 Å². The minimum atomic E-state index is -3.11. The lowest BCUT2D eigenvalue weighted by Gasteiger charge is -2.29. The van der Waals surface area contributed by atoms with E-state index in [1.165, 1.54) is 17.9 Å². The molecular weight excluding hydrogens is 354 g/mol. The first kappa shape index (κ1) is 19.0. The predicted octanol–water partition coefficient (Wildman–Crippen LogP) is 0.740. The van der Waals surface area contributed by atoms with Crippen LogP contribution in [0.3, 0.4) is 0 Å². The smallest absolute Gasteiger partial charge is 0.244 e. The summed E-state index contributed by atoms with van der Waals surface area (Å²) in [7, 11) is -3.11. The minimum Gasteiger partial charge on any atom is -0.341 e. The highest BCUT2D eigenvalue weighted by molar-refractivity contribution is 7.91. The highest BCUT2D eigenvalue weighted by Gasteiger charge is 2.28. The van der Waals surface area contributed by atoms with Crippen molar-refractivity contribution in [1.29, 1.82) is 0 Å². The summed E-state index contributed by atoms with van der Waals surface area (Å²) in [6.45, 7) is 1.62. The normalized spacial score (nSPS) is 18.1. The van der Waals surface area contributed by atoms with Gasteiger partial charge < -0.3 is 10.2 Å². The molecule has 0 spiro atoms. The maximum atomic E-state index is 13.5. The first-order valence-corrected chi connectivity index (χ1v) is 9.43. The van der Waals surface area contributed by atoms with Crippen molar-refractivity contribution in [3.63, 3.8) is 0 Å². The standard InChI is InChI=1S/C16H18F2N2O4S/c1-11(16(22)20-7-9-25(23,24)10-8-20)19-15(21)6-5-12-13(17)3-2-4-14(12)18/h2-6,11H,7-10H2,1H3,(H,19,21)/b6-5+. The average Bonchev–Trinajstić information content (AvgIpc) is 2.53. The van der Waals surface area contributed by atoms with Gasteiger partial charge in [0.25, 0.3) is 0 Å². The molecular formula is C16H18F2N2O4S. The fraction of sp³-hybridized carbons (Fsp3) is 0.375. The maximum absolute atomic E-state index is 13.5. The van der Waals surface area contributed by atoms with E-state index in [1.54, 1.807) is 0 Å². The molecule has 1 fully saturated rings. The number of carbonyl (C=O) groups excluding carboxylic acids is 2. The molecule has 1 N–H and O–H groups in total. The third kappa shape index (κ3) is 5.09. The fourth-order valence-electron chi connectivity index (χ4n) is 2.36. The van der Waals surface area contributed by atoms with Gasteiger partial charge in [-0.05, 0) is 25.1 Å². The molecule has 1 saturated heterocycles. The van der Waals surface area contributed by atoms with Gasteiger partial charge in [-0.1, -0.05) is 6.07 Å². The number of nitrogens with zero attached hydrogens (tertiary/aromatic N) is 1. The van der Waals surface area contributed by atoms with E-state index in [2.05, 4.69) is 5.32 Å². The number of hydrogen-bond donors (Lipinski definition) is 1. The van der Waals surface area contributed by atoms with Crippen molar-refractivity contribution >= 4 is 27.7 Å². The van der Waals surface area contributed by atoms with Gasteiger partial charge in [-0.2, -0.15) is 0 Å². The molecule has 0 bridgehead atoms. The molecule has 2 rings (SSSR count). The van der Waals surface area contributed by atoms with Gasteiger partial charge in [0.15, 0.2) is 9.84 Å². The molecule has 1 aromatic carbocycles. The molecule has 0 radical (unpaired) electrons. The summed E-state index contributed by atoms with van der Waals surface area (Å²) < 4.78 is 49.7. The summed E-state index contributed by atoms with van der Waals surface area (Å²) >= 11 is 0. The molecule has 0 saturated carbocycles. The van der Waals surface area contributed by atoms with E-state index < -0.39 is 39.3 Å². The number of amides is 2. The largest absolute Gasteiger partial charge is 0.341 e. The first-order valence-electron chi connectivity index (χ1n) is 7.61. The van der Waals surface area contributed by atoms with Gasteiger partial charge in [-0.3, -0.25) is 9.59 Å². The monoisotopic (exact) mass is 372 g/mol. The van der Waals surface area contributed by atoms with Crippen molar-refractivity contribution in [2.45, 2.75) is 13.0 Å². The molecule has 0 aromatic heterocycles. The summed E-state index contributed by atoms with van der Waals surface area (Å²) in [5.41, 5.74) is -0.349. The molecule has 1 unspecified atom stereocenters. The number of benzene rings is 1. The van der Waals surface area contributed by atoms with E-state index >= 15 is 0 Å². The second-order valence-corrected chi connectivity index (χ2v) is 7.98. The predicted molar refractivity (Wildman–Crippen MR) is 88.2 cm³/mol. The molecule has 25 heavy (non-hydrogen) atoms. The van der Waals surface area contributed by atoms with Gasteiger partial charge in [0.1, 0.15) is 17.7 Å². The molecule has 1 aromatic rings. The number of carbonyl (C=O) groups is 2. The Labute approximate surface area is 144 Å². The Bertz CT molecular complexity index is 774. The van der Waals surface area contributed by atoms with Crippen molar-refractivity contribution < 1.29 is 26.8 Å². The first-order chi connectivity index (χ1) is 11.7. The zero-order valence-electron chi connectivity index (χ0n) is 13.5. The fourth-order valence-corrected chi connectivity index (χ4v) is 3.56. The second-order valence-electron chi connectivity index (χ2n) is 5.68. The molecule has 136 valence electrons. The highest BCUT2D eigenvalue weighted by Crippen LogP contribution is 2.13.